The summed E-state index contributed by atoms with van der Waals surface area (Å²) in [6, 6.07) is 0. The van der Waals surface area contributed by atoms with Gasteiger partial charge in [0.2, 0.25) is 5.91 Å². The number of nitrogens with two attached hydrogens (primary N) is 1. The van der Waals surface area contributed by atoms with Gasteiger partial charge in [-0.2, -0.15) is 0 Å². The van der Waals surface area contributed by atoms with Crippen LogP contribution in [0.4, 0.5) is 0 Å². The molecular weight excluding hydrogens is 264 g/mol. The molecule has 0 bridgehead atoms. The van der Waals surface area contributed by atoms with Crippen molar-refractivity contribution in [3.05, 3.63) is 0 Å². The summed E-state index contributed by atoms with van der Waals surface area (Å²) < 4.78 is 5.24. The summed E-state index contributed by atoms with van der Waals surface area (Å²) in [6.45, 7) is 1.40. The third kappa shape index (κ3) is 2.75. The van der Waals surface area contributed by atoms with Gasteiger partial charge >= 0.3 is 0 Å². The Morgan fingerprint density at radius 3 is 2.37 bits per heavy atom. The number of nitrogens with zero attached hydrogens (tertiary/aromatic N) is 1. The van der Waals surface area contributed by atoms with E-state index in [1.165, 1.54) is 0 Å². The van der Waals surface area contributed by atoms with Crippen molar-refractivity contribution in [1.29, 1.82) is 0 Å². The summed E-state index contributed by atoms with van der Waals surface area (Å²) in [5.41, 5.74) is 4.23. The predicted octanol–water partition coefficient (Wildman–Crippen LogP) is 0.443. The van der Waals surface area contributed by atoms with Crippen molar-refractivity contribution in [2.24, 2.45) is 11.1 Å². The Balaban J connectivity index is 2.01. The Bertz CT molecular complexity index is 376. The monoisotopic (exact) mass is 286 g/mol. The third-order valence-corrected chi connectivity index (χ3v) is 4.78. The maximum absolute atomic E-state index is 12.5. The molecule has 108 valence electrons. The highest BCUT2D eigenvalue weighted by Crippen LogP contribution is 2.43. The van der Waals surface area contributed by atoms with E-state index in [0.29, 0.717) is 32.6 Å². The van der Waals surface area contributed by atoms with E-state index in [1.54, 1.807) is 11.9 Å². The summed E-state index contributed by atoms with van der Waals surface area (Å²) in [5.74, 6) is -0.0498. The minimum absolute atomic E-state index is 0.0498. The summed E-state index contributed by atoms with van der Waals surface area (Å²) in [7, 11) is 1.72. The second-order valence-corrected chi connectivity index (χ2v) is 6.24. The van der Waals surface area contributed by atoms with E-state index in [-0.39, 0.29) is 10.9 Å². The lowest BCUT2D eigenvalue weighted by molar-refractivity contribution is -0.147. The molecule has 0 unspecified atom stereocenters. The van der Waals surface area contributed by atoms with E-state index < -0.39 is 11.0 Å². The molecule has 0 aromatic carbocycles. The highest BCUT2D eigenvalue weighted by atomic mass is 32.1. The van der Waals surface area contributed by atoms with Crippen molar-refractivity contribution in [2.75, 3.05) is 26.8 Å². The topological polar surface area (TPSA) is 75.8 Å². The van der Waals surface area contributed by atoms with Crippen LogP contribution in [-0.4, -0.2) is 53.3 Å². The number of ether oxygens (including phenoxy) is 1. The molecule has 1 saturated carbocycles. The highest BCUT2D eigenvalue weighted by Gasteiger charge is 2.49. The van der Waals surface area contributed by atoms with Crippen LogP contribution in [0.1, 0.15) is 32.1 Å². The molecule has 0 atom stereocenters. The molecule has 0 aromatic heterocycles. The molecule has 5 nitrogen and oxygen atoms in total. The summed E-state index contributed by atoms with van der Waals surface area (Å²) >= 11 is 5.06. The molecule has 2 fully saturated rings. The number of carbonyl (C=O) groups excluding carboxylic acids is 1. The SMILES string of the molecule is CN(CC1(O)CCOCC1)C(=O)C1(C(N)=S)CCC1. The van der Waals surface area contributed by atoms with Gasteiger partial charge in [0.25, 0.3) is 0 Å². The zero-order chi connectivity index (χ0) is 14.1. The molecule has 6 heteroatoms. The lowest BCUT2D eigenvalue weighted by atomic mass is 9.67. The van der Waals surface area contributed by atoms with E-state index in [1.807, 2.05) is 0 Å². The number of hydrogen-bond donors (Lipinski definition) is 2. The van der Waals surface area contributed by atoms with Gasteiger partial charge < -0.3 is 20.5 Å². The molecule has 0 radical (unpaired) electrons. The molecule has 19 heavy (non-hydrogen) atoms. The Morgan fingerprint density at radius 2 is 1.95 bits per heavy atom. The average molecular weight is 286 g/mol. The molecule has 1 aliphatic heterocycles. The number of thiocarbonyl (C=S) groups is 1. The number of amides is 1. The van der Waals surface area contributed by atoms with Crippen molar-refractivity contribution in [1.82, 2.24) is 4.90 Å². The van der Waals surface area contributed by atoms with Gasteiger partial charge in [-0.3, -0.25) is 4.79 Å². The molecule has 0 aromatic rings. The van der Waals surface area contributed by atoms with Crippen LogP contribution < -0.4 is 5.73 Å². The zero-order valence-corrected chi connectivity index (χ0v) is 12.2. The van der Waals surface area contributed by atoms with Crippen LogP contribution in [-0.2, 0) is 9.53 Å². The fourth-order valence-electron chi connectivity index (χ4n) is 2.88. The summed E-state index contributed by atoms with van der Waals surface area (Å²) in [4.78, 5) is 14.4. The molecular formula is C13H22N2O3S. The van der Waals surface area contributed by atoms with Crippen LogP contribution in [0.15, 0.2) is 0 Å². The van der Waals surface area contributed by atoms with Crippen molar-refractivity contribution in [3.8, 4) is 0 Å². The number of hydrogen-bond acceptors (Lipinski definition) is 4. The van der Waals surface area contributed by atoms with E-state index in [2.05, 4.69) is 0 Å². The molecule has 2 aliphatic rings. The minimum Gasteiger partial charge on any atom is -0.392 e. The van der Waals surface area contributed by atoms with Crippen LogP contribution >= 0.6 is 12.2 Å². The van der Waals surface area contributed by atoms with Gasteiger partial charge in [-0.25, -0.2) is 0 Å². The van der Waals surface area contributed by atoms with E-state index >= 15 is 0 Å². The Hall–Kier alpha value is -0.720. The molecule has 3 N–H and O–H groups in total. The molecule has 1 aliphatic carbocycles. The molecule has 1 amide bonds. The van der Waals surface area contributed by atoms with Crippen molar-refractivity contribution < 1.29 is 14.6 Å². The Kier molecular flexibility index (Phi) is 4.13. The van der Waals surface area contributed by atoms with Crippen LogP contribution in [0, 0.1) is 5.41 Å². The van der Waals surface area contributed by atoms with Gasteiger partial charge in [-0.15, -0.1) is 0 Å². The summed E-state index contributed by atoms with van der Waals surface area (Å²) in [5, 5.41) is 10.4. The minimum atomic E-state index is -0.843. The van der Waals surface area contributed by atoms with Gasteiger partial charge in [0.1, 0.15) is 0 Å². The van der Waals surface area contributed by atoms with Crippen molar-refractivity contribution in [2.45, 2.75) is 37.7 Å². The van der Waals surface area contributed by atoms with E-state index in [4.69, 9.17) is 22.7 Å². The van der Waals surface area contributed by atoms with Crippen molar-refractivity contribution in [3.63, 3.8) is 0 Å². The largest absolute Gasteiger partial charge is 0.392 e. The Labute approximate surface area is 119 Å². The van der Waals surface area contributed by atoms with Crippen LogP contribution in [0.2, 0.25) is 0 Å². The standard InChI is InChI=1S/C13H22N2O3S/c1-15(9-12(17)5-7-18-8-6-12)11(16)13(10(14)19)3-2-4-13/h17H,2-9H2,1H3,(H2,14,19). The molecule has 1 saturated heterocycles. The van der Waals surface area contributed by atoms with Crippen molar-refractivity contribution >= 4 is 23.1 Å². The normalized spacial score (nSPS) is 24.3. The fourth-order valence-corrected chi connectivity index (χ4v) is 3.18. The van der Waals surface area contributed by atoms with Crippen LogP contribution in [0.25, 0.3) is 0 Å². The number of rotatable bonds is 4. The first-order valence-corrected chi connectivity index (χ1v) is 7.16. The lowest BCUT2D eigenvalue weighted by Gasteiger charge is -2.44. The second-order valence-electron chi connectivity index (χ2n) is 5.80. The second kappa shape index (κ2) is 5.34. The van der Waals surface area contributed by atoms with Crippen LogP contribution in [0.3, 0.4) is 0 Å². The first kappa shape index (κ1) is 14.7. The predicted molar refractivity (Wildman–Crippen MR) is 75.7 cm³/mol. The van der Waals surface area contributed by atoms with Gasteiger partial charge in [0, 0.05) is 39.6 Å². The lowest BCUT2D eigenvalue weighted by Crippen LogP contribution is -2.56. The van der Waals surface area contributed by atoms with Gasteiger partial charge in [0.15, 0.2) is 0 Å². The molecule has 1 heterocycles. The first-order chi connectivity index (χ1) is 8.90. The summed E-state index contributed by atoms with van der Waals surface area (Å²) in [6.07, 6.45) is 3.56. The zero-order valence-electron chi connectivity index (χ0n) is 11.4. The first-order valence-electron chi connectivity index (χ1n) is 6.75. The quantitative estimate of drug-likeness (QED) is 0.734. The maximum Gasteiger partial charge on any atom is 0.235 e. The number of likely N-dealkylation sites (N-methyl/N-ethyl adjacent to an activating group) is 1. The number of carbonyl (C=O) groups is 1. The van der Waals surface area contributed by atoms with Crippen LogP contribution in [0.5, 0.6) is 0 Å². The van der Waals surface area contributed by atoms with Gasteiger partial charge in [-0.1, -0.05) is 18.6 Å². The highest BCUT2D eigenvalue weighted by molar-refractivity contribution is 7.80. The van der Waals surface area contributed by atoms with Gasteiger partial charge in [-0.05, 0) is 12.8 Å². The van der Waals surface area contributed by atoms with E-state index in [9.17, 15) is 9.90 Å². The molecule has 0 spiro atoms. The fraction of sp³-hybridized carbons (Fsp3) is 0.846. The maximum atomic E-state index is 12.5. The third-order valence-electron chi connectivity index (χ3n) is 4.39. The number of aliphatic hydroxyl groups is 1. The van der Waals surface area contributed by atoms with E-state index in [0.717, 1.165) is 19.3 Å². The molecule has 2 rings (SSSR count). The van der Waals surface area contributed by atoms with Gasteiger partial charge in [0.05, 0.1) is 16.0 Å². The average Bonchev–Trinajstić information content (AvgIpc) is 2.27. The smallest absolute Gasteiger partial charge is 0.235 e. The Morgan fingerprint density at radius 1 is 1.37 bits per heavy atom.